The molecule has 2 aromatic rings. The van der Waals surface area contributed by atoms with Gasteiger partial charge < -0.3 is 19.9 Å². The van der Waals surface area contributed by atoms with E-state index < -0.39 is 11.5 Å². The minimum atomic E-state index is -1.15. The Labute approximate surface area is 209 Å². The number of methoxy groups -OCH3 is 2. The number of carboxylic acid groups (broad SMARTS) is 1. The number of amides is 1. The van der Waals surface area contributed by atoms with Crippen LogP contribution in [0.25, 0.3) is 0 Å². The summed E-state index contributed by atoms with van der Waals surface area (Å²) in [7, 11) is 3.25. The van der Waals surface area contributed by atoms with E-state index in [0.29, 0.717) is 30.8 Å². The standard InChI is InChI=1S/C29H39NO5/c1-20(23-18-25(34-3)21(2)26(19-23)35-4)24(15-9-8-14-22-12-6-5-7-13-22)27(31)30-29(28(32)33)16-10-11-17-29/h5-7,12-13,18-20,24H,8-11,14-17H2,1-4H3,(H,30,31)(H,32,33). The van der Waals surface area contributed by atoms with Crippen molar-refractivity contribution in [2.24, 2.45) is 5.92 Å². The molecule has 1 aliphatic rings. The maximum absolute atomic E-state index is 13.6. The Morgan fingerprint density at radius 3 is 2.17 bits per heavy atom. The SMILES string of the molecule is COc1cc(C(C)C(CCCCc2ccccc2)C(=O)NC2(C(=O)O)CCCC2)cc(OC)c1C. The van der Waals surface area contributed by atoms with Crippen molar-refractivity contribution >= 4 is 11.9 Å². The monoisotopic (exact) mass is 481 g/mol. The third-order valence-corrected chi connectivity index (χ3v) is 7.54. The van der Waals surface area contributed by atoms with Gasteiger partial charge in [-0.25, -0.2) is 4.79 Å². The first-order chi connectivity index (χ1) is 16.8. The van der Waals surface area contributed by atoms with E-state index in [-0.39, 0.29) is 17.7 Å². The largest absolute Gasteiger partial charge is 0.496 e. The number of nitrogens with one attached hydrogen (secondary N) is 1. The van der Waals surface area contributed by atoms with E-state index >= 15 is 0 Å². The van der Waals surface area contributed by atoms with Gasteiger partial charge in [0.25, 0.3) is 0 Å². The number of benzene rings is 2. The first-order valence-corrected chi connectivity index (χ1v) is 12.6. The van der Waals surface area contributed by atoms with E-state index in [2.05, 4.69) is 17.4 Å². The maximum atomic E-state index is 13.6. The Bertz CT molecular complexity index is 972. The minimum Gasteiger partial charge on any atom is -0.496 e. The summed E-state index contributed by atoms with van der Waals surface area (Å²) < 4.78 is 11.1. The van der Waals surface area contributed by atoms with Gasteiger partial charge in [0.05, 0.1) is 14.2 Å². The molecule has 1 saturated carbocycles. The number of rotatable bonds is 12. The van der Waals surface area contributed by atoms with Gasteiger partial charge in [0.2, 0.25) is 5.91 Å². The normalized spacial score (nSPS) is 16.3. The molecule has 0 heterocycles. The molecule has 6 nitrogen and oxygen atoms in total. The van der Waals surface area contributed by atoms with Crippen molar-refractivity contribution in [3.05, 3.63) is 59.2 Å². The van der Waals surface area contributed by atoms with Crippen LogP contribution >= 0.6 is 0 Å². The molecule has 190 valence electrons. The summed E-state index contributed by atoms with van der Waals surface area (Å²) in [5.41, 5.74) is 1.99. The second-order valence-electron chi connectivity index (χ2n) is 9.76. The fourth-order valence-electron chi connectivity index (χ4n) is 5.25. The molecule has 0 bridgehead atoms. The fourth-order valence-corrected chi connectivity index (χ4v) is 5.25. The van der Waals surface area contributed by atoms with Crippen molar-refractivity contribution in [2.75, 3.05) is 14.2 Å². The molecule has 1 fully saturated rings. The predicted molar refractivity (Wildman–Crippen MR) is 137 cm³/mol. The highest BCUT2D eigenvalue weighted by Gasteiger charge is 2.44. The van der Waals surface area contributed by atoms with Gasteiger partial charge in [0, 0.05) is 11.5 Å². The highest BCUT2D eigenvalue weighted by molar-refractivity contribution is 5.88. The summed E-state index contributed by atoms with van der Waals surface area (Å²) in [5, 5.41) is 12.9. The van der Waals surface area contributed by atoms with Gasteiger partial charge >= 0.3 is 5.97 Å². The molecule has 6 heteroatoms. The molecule has 0 spiro atoms. The lowest BCUT2D eigenvalue weighted by Crippen LogP contribution is -2.54. The number of carbonyl (C=O) groups excluding carboxylic acids is 1. The van der Waals surface area contributed by atoms with Crippen molar-refractivity contribution in [1.29, 1.82) is 0 Å². The first-order valence-electron chi connectivity index (χ1n) is 12.6. The second kappa shape index (κ2) is 12.1. The maximum Gasteiger partial charge on any atom is 0.329 e. The van der Waals surface area contributed by atoms with Crippen LogP contribution in [0.2, 0.25) is 0 Å². The first kappa shape index (κ1) is 26.6. The van der Waals surface area contributed by atoms with Crippen molar-refractivity contribution in [3.8, 4) is 11.5 Å². The molecular weight excluding hydrogens is 442 g/mol. The molecule has 3 rings (SSSR count). The van der Waals surface area contributed by atoms with E-state index in [1.165, 1.54) is 5.56 Å². The molecule has 2 aromatic carbocycles. The quantitative estimate of drug-likeness (QED) is 0.382. The molecule has 35 heavy (non-hydrogen) atoms. The van der Waals surface area contributed by atoms with E-state index in [0.717, 1.165) is 43.2 Å². The Balaban J connectivity index is 1.82. The van der Waals surface area contributed by atoms with Crippen LogP contribution in [0.1, 0.15) is 74.5 Å². The average Bonchev–Trinajstić information content (AvgIpc) is 3.34. The van der Waals surface area contributed by atoms with Gasteiger partial charge in [-0.1, -0.05) is 56.5 Å². The number of hydrogen-bond acceptors (Lipinski definition) is 4. The zero-order valence-electron chi connectivity index (χ0n) is 21.4. The highest BCUT2D eigenvalue weighted by atomic mass is 16.5. The lowest BCUT2D eigenvalue weighted by atomic mass is 9.82. The average molecular weight is 482 g/mol. The number of aryl methyl sites for hydroxylation is 1. The van der Waals surface area contributed by atoms with Crippen LogP contribution in [-0.2, 0) is 16.0 Å². The summed E-state index contributed by atoms with van der Waals surface area (Å²) in [6.45, 7) is 3.98. The summed E-state index contributed by atoms with van der Waals surface area (Å²) in [4.78, 5) is 25.7. The van der Waals surface area contributed by atoms with Crippen molar-refractivity contribution in [3.63, 3.8) is 0 Å². The molecule has 0 saturated heterocycles. The summed E-state index contributed by atoms with van der Waals surface area (Å²) >= 11 is 0. The number of carbonyl (C=O) groups is 2. The molecule has 1 aliphatic carbocycles. The van der Waals surface area contributed by atoms with Gasteiger partial charge in [-0.3, -0.25) is 4.79 Å². The van der Waals surface area contributed by atoms with Gasteiger partial charge in [0.15, 0.2) is 0 Å². The topological polar surface area (TPSA) is 84.9 Å². The van der Waals surface area contributed by atoms with Gasteiger partial charge in [-0.05, 0) is 68.2 Å². The molecule has 2 atom stereocenters. The Morgan fingerprint density at radius 1 is 1.03 bits per heavy atom. The third kappa shape index (κ3) is 6.36. The predicted octanol–water partition coefficient (Wildman–Crippen LogP) is 5.66. The van der Waals surface area contributed by atoms with E-state index in [9.17, 15) is 14.7 Å². The Kier molecular flexibility index (Phi) is 9.19. The fraction of sp³-hybridized carbons (Fsp3) is 0.517. The lowest BCUT2D eigenvalue weighted by Gasteiger charge is -2.31. The molecule has 2 N–H and O–H groups in total. The van der Waals surface area contributed by atoms with Crippen LogP contribution in [0.5, 0.6) is 11.5 Å². The number of carboxylic acids is 1. The molecule has 0 aromatic heterocycles. The zero-order valence-corrected chi connectivity index (χ0v) is 21.4. The number of unbranched alkanes of at least 4 members (excludes halogenated alkanes) is 1. The summed E-state index contributed by atoms with van der Waals surface area (Å²) in [6.07, 6.45) is 6.06. The Hall–Kier alpha value is -3.02. The van der Waals surface area contributed by atoms with Crippen LogP contribution in [0.4, 0.5) is 0 Å². The summed E-state index contributed by atoms with van der Waals surface area (Å²) in [6, 6.07) is 14.3. The third-order valence-electron chi connectivity index (χ3n) is 7.54. The summed E-state index contributed by atoms with van der Waals surface area (Å²) in [5.74, 6) is -0.181. The molecular formula is C29H39NO5. The van der Waals surface area contributed by atoms with E-state index in [1.54, 1.807) is 14.2 Å². The number of hydrogen-bond donors (Lipinski definition) is 2. The van der Waals surface area contributed by atoms with Crippen LogP contribution in [0, 0.1) is 12.8 Å². The van der Waals surface area contributed by atoms with Gasteiger partial charge in [-0.15, -0.1) is 0 Å². The molecule has 0 aliphatic heterocycles. The molecule has 0 radical (unpaired) electrons. The van der Waals surface area contributed by atoms with Crippen LogP contribution in [0.3, 0.4) is 0 Å². The smallest absolute Gasteiger partial charge is 0.329 e. The highest BCUT2D eigenvalue weighted by Crippen LogP contribution is 2.38. The van der Waals surface area contributed by atoms with Crippen molar-refractivity contribution in [1.82, 2.24) is 5.32 Å². The van der Waals surface area contributed by atoms with Gasteiger partial charge in [-0.2, -0.15) is 0 Å². The molecule has 2 unspecified atom stereocenters. The second-order valence-corrected chi connectivity index (χ2v) is 9.76. The van der Waals surface area contributed by atoms with E-state index in [1.807, 2.05) is 44.2 Å². The van der Waals surface area contributed by atoms with Crippen LogP contribution < -0.4 is 14.8 Å². The van der Waals surface area contributed by atoms with E-state index in [4.69, 9.17) is 9.47 Å². The number of ether oxygens (including phenoxy) is 2. The lowest BCUT2D eigenvalue weighted by molar-refractivity contribution is -0.148. The van der Waals surface area contributed by atoms with Crippen molar-refractivity contribution in [2.45, 2.75) is 76.7 Å². The van der Waals surface area contributed by atoms with Crippen LogP contribution in [0.15, 0.2) is 42.5 Å². The van der Waals surface area contributed by atoms with Crippen LogP contribution in [-0.4, -0.2) is 36.7 Å². The Morgan fingerprint density at radius 2 is 1.63 bits per heavy atom. The van der Waals surface area contributed by atoms with Gasteiger partial charge in [0.1, 0.15) is 17.0 Å². The zero-order chi connectivity index (χ0) is 25.4. The van der Waals surface area contributed by atoms with Crippen molar-refractivity contribution < 1.29 is 24.2 Å². The number of aliphatic carboxylic acids is 1. The molecule has 1 amide bonds. The minimum absolute atomic E-state index is 0.137.